The fourth-order valence-electron chi connectivity index (χ4n) is 3.41. The van der Waals surface area contributed by atoms with Crippen LogP contribution < -0.4 is 0 Å². The van der Waals surface area contributed by atoms with Gasteiger partial charge in [-0.25, -0.2) is 4.39 Å². The quantitative estimate of drug-likeness (QED) is 0.435. The number of carbonyl (C=O) groups excluding carboxylic acids is 2. The molecule has 0 fully saturated rings. The van der Waals surface area contributed by atoms with Crippen molar-refractivity contribution in [2.75, 3.05) is 6.61 Å². The van der Waals surface area contributed by atoms with Crippen LogP contribution in [0, 0.1) is 5.82 Å². The summed E-state index contributed by atoms with van der Waals surface area (Å²) in [5, 5.41) is 0. The normalized spacial score (nSPS) is 16.6. The standard InChI is InChI=1S/C21H24FNO3/c1-2-3-14-26-21(25)17-6-4-5-13-23-18(17)11-12-19(23)20(24)15-7-9-16(22)10-8-15/h7-12,17H,2-6,13-14H2,1H3. The molecule has 2 aromatic rings. The molecule has 0 spiro atoms. The Bertz CT molecular complexity index is 779. The van der Waals surface area contributed by atoms with Crippen molar-refractivity contribution in [3.63, 3.8) is 0 Å². The topological polar surface area (TPSA) is 48.3 Å². The first-order valence-electron chi connectivity index (χ1n) is 9.28. The molecular formula is C21H24FNO3. The molecule has 3 rings (SSSR count). The van der Waals surface area contributed by atoms with Gasteiger partial charge in [-0.1, -0.05) is 19.8 Å². The molecule has 0 amide bonds. The van der Waals surface area contributed by atoms with Crippen molar-refractivity contribution in [2.45, 2.75) is 51.5 Å². The molecular weight excluding hydrogens is 333 g/mol. The number of unbranched alkanes of at least 4 members (excludes halogenated alkanes) is 1. The van der Waals surface area contributed by atoms with E-state index >= 15 is 0 Å². The number of ether oxygens (including phenoxy) is 1. The van der Waals surface area contributed by atoms with E-state index in [0.29, 0.717) is 24.4 Å². The summed E-state index contributed by atoms with van der Waals surface area (Å²) in [5.74, 6) is -1.06. The summed E-state index contributed by atoms with van der Waals surface area (Å²) in [4.78, 5) is 25.3. The van der Waals surface area contributed by atoms with Gasteiger partial charge in [0.2, 0.25) is 5.78 Å². The number of hydrogen-bond acceptors (Lipinski definition) is 3. The summed E-state index contributed by atoms with van der Waals surface area (Å²) >= 11 is 0. The molecule has 5 heteroatoms. The number of ketones is 1. The molecule has 0 saturated heterocycles. The Labute approximate surface area is 153 Å². The van der Waals surface area contributed by atoms with Gasteiger partial charge >= 0.3 is 5.97 Å². The van der Waals surface area contributed by atoms with Gasteiger partial charge in [0.15, 0.2) is 0 Å². The van der Waals surface area contributed by atoms with Crippen LogP contribution in [0.15, 0.2) is 36.4 Å². The van der Waals surface area contributed by atoms with Crippen molar-refractivity contribution < 1.29 is 18.7 Å². The Morgan fingerprint density at radius 2 is 1.92 bits per heavy atom. The lowest BCUT2D eigenvalue weighted by molar-refractivity contribution is -0.145. The maximum atomic E-state index is 13.1. The van der Waals surface area contributed by atoms with Crippen molar-refractivity contribution in [1.29, 1.82) is 0 Å². The highest BCUT2D eigenvalue weighted by atomic mass is 19.1. The summed E-state index contributed by atoms with van der Waals surface area (Å²) in [6, 6.07) is 9.17. The highest BCUT2D eigenvalue weighted by molar-refractivity contribution is 6.08. The SMILES string of the molecule is CCCCOC(=O)C1CCCCn2c(C(=O)c3ccc(F)cc3)ccc21. The van der Waals surface area contributed by atoms with Crippen molar-refractivity contribution in [3.05, 3.63) is 59.2 Å². The molecule has 0 bridgehead atoms. The first-order chi connectivity index (χ1) is 12.6. The van der Waals surface area contributed by atoms with Crippen LogP contribution in [0.4, 0.5) is 4.39 Å². The Balaban J connectivity index is 1.86. The van der Waals surface area contributed by atoms with E-state index in [-0.39, 0.29) is 23.5 Å². The monoisotopic (exact) mass is 357 g/mol. The molecule has 1 aromatic carbocycles. The molecule has 138 valence electrons. The lowest BCUT2D eigenvalue weighted by atomic mass is 10.00. The maximum absolute atomic E-state index is 13.1. The molecule has 4 nitrogen and oxygen atoms in total. The van der Waals surface area contributed by atoms with Crippen LogP contribution in [0.5, 0.6) is 0 Å². The average Bonchev–Trinajstić information content (AvgIpc) is 2.94. The summed E-state index contributed by atoms with van der Waals surface area (Å²) in [6.45, 7) is 3.19. The van der Waals surface area contributed by atoms with Gasteiger partial charge in [-0.2, -0.15) is 0 Å². The molecule has 0 saturated carbocycles. The second-order valence-electron chi connectivity index (χ2n) is 6.70. The molecule has 1 unspecified atom stereocenters. The predicted molar refractivity (Wildman–Crippen MR) is 96.7 cm³/mol. The van der Waals surface area contributed by atoms with Gasteiger partial charge in [-0.15, -0.1) is 0 Å². The van der Waals surface area contributed by atoms with E-state index in [4.69, 9.17) is 4.74 Å². The van der Waals surface area contributed by atoms with Crippen molar-refractivity contribution in [2.24, 2.45) is 0 Å². The molecule has 1 aromatic heterocycles. The molecule has 0 radical (unpaired) electrons. The zero-order valence-corrected chi connectivity index (χ0v) is 15.0. The largest absolute Gasteiger partial charge is 0.465 e. The van der Waals surface area contributed by atoms with Gasteiger partial charge in [-0.05, 0) is 55.7 Å². The lowest BCUT2D eigenvalue weighted by Crippen LogP contribution is -2.19. The molecule has 1 aliphatic heterocycles. The highest BCUT2D eigenvalue weighted by Crippen LogP contribution is 2.30. The third-order valence-electron chi connectivity index (χ3n) is 4.86. The number of nitrogens with zero attached hydrogens (tertiary/aromatic N) is 1. The maximum Gasteiger partial charge on any atom is 0.314 e. The first-order valence-corrected chi connectivity index (χ1v) is 9.28. The van der Waals surface area contributed by atoms with Crippen LogP contribution in [-0.4, -0.2) is 22.9 Å². The third kappa shape index (κ3) is 3.87. The van der Waals surface area contributed by atoms with Crippen molar-refractivity contribution in [1.82, 2.24) is 4.57 Å². The fraction of sp³-hybridized carbons (Fsp3) is 0.429. The number of hydrogen-bond donors (Lipinski definition) is 0. The van der Waals surface area contributed by atoms with Crippen LogP contribution in [0.3, 0.4) is 0 Å². The van der Waals surface area contributed by atoms with E-state index in [1.807, 2.05) is 10.6 Å². The summed E-state index contributed by atoms with van der Waals surface area (Å²) in [6.07, 6.45) is 4.39. The second-order valence-corrected chi connectivity index (χ2v) is 6.70. The van der Waals surface area contributed by atoms with Crippen LogP contribution in [0.1, 0.15) is 66.7 Å². The number of halogens is 1. The fourth-order valence-corrected chi connectivity index (χ4v) is 3.41. The average molecular weight is 357 g/mol. The summed E-state index contributed by atoms with van der Waals surface area (Å²) in [5.41, 5.74) is 1.83. The number of esters is 1. The van der Waals surface area contributed by atoms with Gasteiger partial charge in [0.1, 0.15) is 5.82 Å². The smallest absolute Gasteiger partial charge is 0.314 e. The van der Waals surface area contributed by atoms with Crippen LogP contribution in [-0.2, 0) is 16.1 Å². The van der Waals surface area contributed by atoms with Gasteiger partial charge in [-0.3, -0.25) is 9.59 Å². The summed E-state index contributed by atoms with van der Waals surface area (Å²) in [7, 11) is 0. The Hall–Kier alpha value is -2.43. The minimum absolute atomic E-state index is 0.156. The van der Waals surface area contributed by atoms with E-state index in [2.05, 4.69) is 6.92 Å². The minimum Gasteiger partial charge on any atom is -0.465 e. The van der Waals surface area contributed by atoms with Gasteiger partial charge in [0, 0.05) is 17.8 Å². The molecule has 0 N–H and O–H groups in total. The second kappa shape index (κ2) is 8.30. The Morgan fingerprint density at radius 3 is 2.65 bits per heavy atom. The van der Waals surface area contributed by atoms with E-state index in [1.165, 1.54) is 24.3 Å². The molecule has 2 heterocycles. The van der Waals surface area contributed by atoms with E-state index < -0.39 is 0 Å². The zero-order valence-electron chi connectivity index (χ0n) is 15.0. The number of rotatable bonds is 6. The molecule has 1 atom stereocenters. The van der Waals surface area contributed by atoms with E-state index in [1.54, 1.807) is 6.07 Å². The number of benzene rings is 1. The molecule has 0 aliphatic carbocycles. The molecule has 1 aliphatic rings. The van der Waals surface area contributed by atoms with Gasteiger partial charge < -0.3 is 9.30 Å². The van der Waals surface area contributed by atoms with Gasteiger partial charge in [0.25, 0.3) is 0 Å². The highest BCUT2D eigenvalue weighted by Gasteiger charge is 2.29. The minimum atomic E-state index is -0.370. The number of fused-ring (bicyclic) bond motifs is 1. The predicted octanol–water partition coefficient (Wildman–Crippen LogP) is 4.47. The number of carbonyl (C=O) groups is 2. The summed E-state index contributed by atoms with van der Waals surface area (Å²) < 4.78 is 20.5. The third-order valence-corrected chi connectivity index (χ3v) is 4.86. The molecule has 26 heavy (non-hydrogen) atoms. The Morgan fingerprint density at radius 1 is 1.15 bits per heavy atom. The van der Waals surface area contributed by atoms with E-state index in [0.717, 1.165) is 37.8 Å². The van der Waals surface area contributed by atoms with E-state index in [9.17, 15) is 14.0 Å². The van der Waals surface area contributed by atoms with Crippen LogP contribution >= 0.6 is 0 Å². The van der Waals surface area contributed by atoms with Crippen molar-refractivity contribution >= 4 is 11.8 Å². The number of aromatic nitrogens is 1. The van der Waals surface area contributed by atoms with Gasteiger partial charge in [0.05, 0.1) is 18.2 Å². The zero-order chi connectivity index (χ0) is 18.5. The van der Waals surface area contributed by atoms with Crippen LogP contribution in [0.25, 0.3) is 0 Å². The lowest BCUT2D eigenvalue weighted by Gasteiger charge is -2.16. The first kappa shape index (κ1) is 18.4. The van der Waals surface area contributed by atoms with Crippen LogP contribution in [0.2, 0.25) is 0 Å². The Kier molecular flexibility index (Phi) is 5.86. The van der Waals surface area contributed by atoms with Crippen molar-refractivity contribution in [3.8, 4) is 0 Å².